The molecule has 0 unspecified atom stereocenters. The van der Waals surface area contributed by atoms with Gasteiger partial charge in [-0.15, -0.1) is 5.10 Å². The van der Waals surface area contributed by atoms with E-state index >= 15 is 0 Å². The lowest BCUT2D eigenvalue weighted by atomic mass is 10.2. The quantitative estimate of drug-likeness (QED) is 0.607. The van der Waals surface area contributed by atoms with E-state index in [0.29, 0.717) is 6.54 Å². The summed E-state index contributed by atoms with van der Waals surface area (Å²) in [6, 6.07) is 10.1. The van der Waals surface area contributed by atoms with E-state index in [1.807, 2.05) is 54.2 Å². The number of H-pyrrole nitrogens is 1. The number of aromatic amines is 1. The number of anilines is 1. The lowest BCUT2D eigenvalue weighted by Crippen LogP contribution is -1.99. The third-order valence-electron chi connectivity index (χ3n) is 3.48. The first-order valence-corrected chi connectivity index (χ1v) is 7.75. The van der Waals surface area contributed by atoms with Gasteiger partial charge in [0.2, 0.25) is 10.1 Å². The molecule has 22 heavy (non-hydrogen) atoms. The van der Waals surface area contributed by atoms with Crippen LogP contribution >= 0.6 is 11.3 Å². The van der Waals surface area contributed by atoms with Crippen LogP contribution in [0.4, 0.5) is 5.13 Å². The van der Waals surface area contributed by atoms with E-state index < -0.39 is 0 Å². The van der Waals surface area contributed by atoms with Gasteiger partial charge in [-0.3, -0.25) is 5.10 Å². The zero-order valence-corrected chi connectivity index (χ0v) is 12.8. The molecule has 0 aliphatic carbocycles. The van der Waals surface area contributed by atoms with Crippen LogP contribution in [-0.4, -0.2) is 24.8 Å². The van der Waals surface area contributed by atoms with E-state index in [-0.39, 0.29) is 0 Å². The summed E-state index contributed by atoms with van der Waals surface area (Å²) < 4.78 is 1.82. The van der Waals surface area contributed by atoms with Crippen LogP contribution in [0.3, 0.4) is 0 Å². The monoisotopic (exact) mass is 310 g/mol. The summed E-state index contributed by atoms with van der Waals surface area (Å²) in [5, 5.41) is 15.6. The van der Waals surface area contributed by atoms with Crippen LogP contribution in [0, 0.1) is 6.92 Å². The average Bonchev–Trinajstić information content (AvgIpc) is 3.20. The van der Waals surface area contributed by atoms with E-state index in [4.69, 9.17) is 0 Å². The zero-order valence-electron chi connectivity index (χ0n) is 11.9. The highest BCUT2D eigenvalue weighted by Crippen LogP contribution is 2.24. The minimum atomic E-state index is 0.699. The molecule has 0 fully saturated rings. The van der Waals surface area contributed by atoms with Crippen molar-refractivity contribution in [2.45, 2.75) is 13.5 Å². The molecule has 110 valence electrons. The number of aromatic nitrogens is 5. The molecule has 0 atom stereocenters. The van der Waals surface area contributed by atoms with Gasteiger partial charge >= 0.3 is 0 Å². The fourth-order valence-electron chi connectivity index (χ4n) is 2.24. The molecule has 1 aromatic carbocycles. The maximum Gasteiger partial charge on any atom is 0.214 e. The number of rotatable bonds is 4. The van der Waals surface area contributed by atoms with Crippen LogP contribution in [0.15, 0.2) is 42.7 Å². The smallest absolute Gasteiger partial charge is 0.214 e. The van der Waals surface area contributed by atoms with Crippen LogP contribution in [0.2, 0.25) is 0 Å². The Morgan fingerprint density at radius 1 is 1.27 bits per heavy atom. The van der Waals surface area contributed by atoms with Gasteiger partial charge in [0.25, 0.3) is 0 Å². The Hall–Kier alpha value is -2.67. The maximum absolute atomic E-state index is 4.63. The highest BCUT2D eigenvalue weighted by Gasteiger charge is 2.09. The van der Waals surface area contributed by atoms with E-state index in [1.165, 1.54) is 11.3 Å². The number of hydrogen-bond acceptors (Lipinski definition) is 5. The molecule has 6 nitrogen and oxygen atoms in total. The van der Waals surface area contributed by atoms with Crippen molar-refractivity contribution in [1.29, 1.82) is 0 Å². The molecular formula is C15H14N6S. The Morgan fingerprint density at radius 2 is 2.14 bits per heavy atom. The maximum atomic E-state index is 4.63. The Kier molecular flexibility index (Phi) is 3.12. The second-order valence-corrected chi connectivity index (χ2v) is 5.96. The van der Waals surface area contributed by atoms with Crippen LogP contribution in [0.25, 0.3) is 16.2 Å². The molecule has 2 N–H and O–H groups in total. The number of nitrogens with zero attached hydrogens (tertiary/aromatic N) is 4. The van der Waals surface area contributed by atoms with Gasteiger partial charge in [-0.05, 0) is 6.92 Å². The minimum Gasteiger partial charge on any atom is -0.356 e. The summed E-state index contributed by atoms with van der Waals surface area (Å²) in [6.45, 7) is 2.70. The Morgan fingerprint density at radius 3 is 2.86 bits per heavy atom. The third kappa shape index (κ3) is 2.35. The molecule has 0 spiro atoms. The highest BCUT2D eigenvalue weighted by atomic mass is 32.1. The van der Waals surface area contributed by atoms with Gasteiger partial charge in [-0.1, -0.05) is 41.7 Å². The second kappa shape index (κ2) is 5.27. The SMILES string of the molecule is Cc1[nH]ncc1CNc1nn2cc(-c3ccccc3)nc2s1. The summed E-state index contributed by atoms with van der Waals surface area (Å²) >= 11 is 1.54. The summed E-state index contributed by atoms with van der Waals surface area (Å²) in [6.07, 6.45) is 3.78. The number of aryl methyl sites for hydroxylation is 1. The van der Waals surface area contributed by atoms with Crippen LogP contribution in [-0.2, 0) is 6.54 Å². The van der Waals surface area contributed by atoms with Crippen molar-refractivity contribution in [2.75, 3.05) is 5.32 Å². The van der Waals surface area contributed by atoms with Crippen molar-refractivity contribution in [1.82, 2.24) is 24.8 Å². The summed E-state index contributed by atoms with van der Waals surface area (Å²) in [5.41, 5.74) is 4.25. The second-order valence-electron chi connectivity index (χ2n) is 5.00. The fraction of sp³-hybridized carbons (Fsp3) is 0.133. The van der Waals surface area contributed by atoms with Gasteiger partial charge in [0.05, 0.1) is 18.1 Å². The molecule has 0 radical (unpaired) electrons. The molecule has 3 heterocycles. The van der Waals surface area contributed by atoms with Crippen LogP contribution < -0.4 is 5.32 Å². The van der Waals surface area contributed by atoms with Crippen LogP contribution in [0.5, 0.6) is 0 Å². The molecule has 4 rings (SSSR count). The number of nitrogens with one attached hydrogen (secondary N) is 2. The first kappa shape index (κ1) is 13.0. The number of fused-ring (bicyclic) bond motifs is 1. The zero-order chi connectivity index (χ0) is 14.9. The Bertz CT molecular complexity index is 873. The van der Waals surface area contributed by atoms with Crippen molar-refractivity contribution in [2.24, 2.45) is 0 Å². The molecule has 0 saturated carbocycles. The van der Waals surface area contributed by atoms with Crippen LogP contribution in [0.1, 0.15) is 11.3 Å². The Balaban J connectivity index is 1.55. The van der Waals surface area contributed by atoms with Gasteiger partial charge in [-0.25, -0.2) is 9.50 Å². The molecule has 7 heteroatoms. The summed E-state index contributed by atoms with van der Waals surface area (Å²) in [7, 11) is 0. The van der Waals surface area contributed by atoms with Crippen molar-refractivity contribution < 1.29 is 0 Å². The van der Waals surface area contributed by atoms with E-state index in [2.05, 4.69) is 25.6 Å². The van der Waals surface area contributed by atoms with E-state index in [9.17, 15) is 0 Å². The Labute approximate surface area is 130 Å². The first-order chi connectivity index (χ1) is 10.8. The van der Waals surface area contributed by atoms with Gasteiger partial charge in [0.1, 0.15) is 0 Å². The third-order valence-corrected chi connectivity index (χ3v) is 4.36. The molecule has 4 aromatic rings. The summed E-state index contributed by atoms with van der Waals surface area (Å²) in [5.74, 6) is 0. The number of hydrogen-bond donors (Lipinski definition) is 2. The molecule has 0 bridgehead atoms. The highest BCUT2D eigenvalue weighted by molar-refractivity contribution is 7.20. The van der Waals surface area contributed by atoms with Crippen molar-refractivity contribution in [3.63, 3.8) is 0 Å². The van der Waals surface area contributed by atoms with Gasteiger partial charge < -0.3 is 5.32 Å². The fourth-order valence-corrected chi connectivity index (χ4v) is 3.02. The lowest BCUT2D eigenvalue weighted by molar-refractivity contribution is 0.960. The van der Waals surface area contributed by atoms with Gasteiger partial charge in [0, 0.05) is 23.4 Å². The lowest BCUT2D eigenvalue weighted by Gasteiger charge is -1.99. The molecule has 0 aliphatic rings. The van der Waals surface area contributed by atoms with E-state index in [1.54, 1.807) is 0 Å². The van der Waals surface area contributed by atoms with Crippen molar-refractivity contribution >= 4 is 21.4 Å². The number of benzene rings is 1. The van der Waals surface area contributed by atoms with Crippen molar-refractivity contribution in [3.8, 4) is 11.3 Å². The van der Waals surface area contributed by atoms with Gasteiger partial charge in [-0.2, -0.15) is 5.10 Å². The molecular weight excluding hydrogens is 296 g/mol. The summed E-state index contributed by atoms with van der Waals surface area (Å²) in [4.78, 5) is 5.51. The minimum absolute atomic E-state index is 0.699. The predicted molar refractivity (Wildman–Crippen MR) is 87.0 cm³/mol. The number of imidazole rings is 1. The largest absolute Gasteiger partial charge is 0.356 e. The molecule has 0 aliphatic heterocycles. The average molecular weight is 310 g/mol. The first-order valence-electron chi connectivity index (χ1n) is 6.94. The van der Waals surface area contributed by atoms with Crippen molar-refractivity contribution in [3.05, 3.63) is 54.0 Å². The predicted octanol–water partition coefficient (Wildman–Crippen LogP) is 3.10. The molecule has 0 saturated heterocycles. The standard InChI is InChI=1S/C15H14N6S/c1-10-12(8-17-19-10)7-16-14-20-21-9-13(18-15(21)22-14)11-5-3-2-4-6-11/h2-6,8-9H,7H2,1H3,(H,16,20)(H,17,19). The molecule has 3 aromatic heterocycles. The normalized spacial score (nSPS) is 11.1. The topological polar surface area (TPSA) is 70.9 Å². The molecule has 0 amide bonds. The van der Waals surface area contributed by atoms with Gasteiger partial charge in [0.15, 0.2) is 0 Å². The van der Waals surface area contributed by atoms with E-state index in [0.717, 1.165) is 32.6 Å².